The highest BCUT2D eigenvalue weighted by Gasteiger charge is 2.31. The second kappa shape index (κ2) is 9.36. The van der Waals surface area contributed by atoms with Gasteiger partial charge in [-0.3, -0.25) is 9.78 Å². The number of hydrogen-bond donors (Lipinski definition) is 1. The summed E-state index contributed by atoms with van der Waals surface area (Å²) in [6.07, 6.45) is 4.02. The number of anilines is 1. The van der Waals surface area contributed by atoms with E-state index in [1.165, 1.54) is 18.3 Å². The second-order valence-corrected chi connectivity index (χ2v) is 8.46. The lowest BCUT2D eigenvalue weighted by molar-refractivity contribution is 0.0623. The van der Waals surface area contributed by atoms with E-state index >= 15 is 0 Å². The number of hydrogen-bond acceptors (Lipinski definition) is 6. The summed E-state index contributed by atoms with van der Waals surface area (Å²) in [5.74, 6) is -1.58. The molecule has 2 aromatic heterocycles. The molecule has 5 rings (SSSR count). The fourth-order valence-corrected chi connectivity index (χ4v) is 4.30. The Balaban J connectivity index is 1.36. The number of carbonyl (C=O) groups excluding carboxylic acids is 1. The normalized spacial score (nSPS) is 16.0. The molecule has 1 fully saturated rings. The van der Waals surface area contributed by atoms with Crippen molar-refractivity contribution in [1.29, 1.82) is 0 Å². The molecule has 0 aliphatic carbocycles. The Labute approximate surface area is 199 Å². The van der Waals surface area contributed by atoms with Gasteiger partial charge in [0.2, 0.25) is 0 Å². The molecule has 35 heavy (non-hydrogen) atoms. The van der Waals surface area contributed by atoms with E-state index in [0.29, 0.717) is 36.1 Å². The summed E-state index contributed by atoms with van der Waals surface area (Å²) in [7, 11) is 0. The lowest BCUT2D eigenvalue weighted by Gasteiger charge is -2.35. The van der Waals surface area contributed by atoms with E-state index in [9.17, 15) is 18.0 Å². The molecule has 1 N–H and O–H groups in total. The number of oxazole rings is 1. The minimum Gasteiger partial charge on any atom is -0.440 e. The number of nitrogens with one attached hydrogen (secondary N) is 1. The predicted octanol–water partition coefficient (Wildman–Crippen LogP) is 5.12. The largest absolute Gasteiger partial charge is 0.440 e. The number of carbonyl (C=O) groups is 1. The molecule has 1 saturated heterocycles. The average molecular weight is 481 g/mol. The van der Waals surface area contributed by atoms with Crippen LogP contribution in [0.2, 0.25) is 0 Å². The van der Waals surface area contributed by atoms with Gasteiger partial charge in [-0.05, 0) is 43.5 Å². The zero-order valence-corrected chi connectivity index (χ0v) is 18.9. The highest BCUT2D eigenvalue weighted by atomic mass is 19.2. The van der Waals surface area contributed by atoms with E-state index in [-0.39, 0.29) is 34.5 Å². The van der Waals surface area contributed by atoms with Gasteiger partial charge in [0.1, 0.15) is 11.6 Å². The Morgan fingerprint density at radius 2 is 1.83 bits per heavy atom. The van der Waals surface area contributed by atoms with Crippen LogP contribution < -0.4 is 5.32 Å². The van der Waals surface area contributed by atoms with Crippen molar-refractivity contribution in [3.05, 3.63) is 71.6 Å². The van der Waals surface area contributed by atoms with Gasteiger partial charge in [0.05, 0.1) is 17.2 Å². The summed E-state index contributed by atoms with van der Waals surface area (Å²) in [6, 6.07) is 7.56. The Hall–Kier alpha value is -3.95. The van der Waals surface area contributed by atoms with E-state index in [1.807, 2.05) is 0 Å². The van der Waals surface area contributed by atoms with Crippen molar-refractivity contribution >= 4 is 22.8 Å². The monoisotopic (exact) mass is 481 g/mol. The number of amides is 1. The zero-order chi connectivity index (χ0) is 24.5. The highest BCUT2D eigenvalue weighted by Crippen LogP contribution is 2.28. The number of nitrogens with zero attached hydrogens (tertiary/aromatic N) is 4. The molecule has 0 saturated carbocycles. The summed E-state index contributed by atoms with van der Waals surface area (Å²) in [6.45, 7) is 2.60. The number of piperidine rings is 1. The van der Waals surface area contributed by atoms with Crippen molar-refractivity contribution in [2.45, 2.75) is 32.2 Å². The average Bonchev–Trinajstić information content (AvgIpc) is 3.25. The molecule has 1 aliphatic heterocycles. The van der Waals surface area contributed by atoms with Crippen LogP contribution in [0, 0.1) is 24.4 Å². The maximum Gasteiger partial charge on any atom is 0.276 e. The third kappa shape index (κ3) is 4.68. The van der Waals surface area contributed by atoms with Gasteiger partial charge in [0.15, 0.2) is 29.0 Å². The Kier molecular flexibility index (Phi) is 6.10. The molecule has 180 valence electrons. The standard InChI is InChI=1S/C25H22F3N5O2/c1-14-31-23(24(35-14)15-5-7-16(26)8-6-15)25(34)33-9-3-2-4-17(33)12-30-22-13-29-20-10-18(27)19(28)11-21(20)32-22/h5-8,10-11,13,17H,2-4,9,12H2,1H3,(H,30,32). The third-order valence-electron chi connectivity index (χ3n) is 6.03. The summed E-state index contributed by atoms with van der Waals surface area (Å²) in [4.78, 5) is 28.1. The molecule has 1 atom stereocenters. The van der Waals surface area contributed by atoms with Crippen molar-refractivity contribution in [3.8, 4) is 11.3 Å². The first-order valence-electron chi connectivity index (χ1n) is 11.3. The van der Waals surface area contributed by atoms with Crippen LogP contribution in [0.5, 0.6) is 0 Å². The molecule has 1 unspecified atom stereocenters. The van der Waals surface area contributed by atoms with Crippen molar-refractivity contribution in [2.24, 2.45) is 0 Å². The number of halogens is 3. The number of likely N-dealkylation sites (tertiary alicyclic amines) is 1. The fourth-order valence-electron chi connectivity index (χ4n) is 4.30. The quantitative estimate of drug-likeness (QED) is 0.426. The van der Waals surface area contributed by atoms with Gasteiger partial charge in [-0.1, -0.05) is 0 Å². The molecule has 3 heterocycles. The summed E-state index contributed by atoms with van der Waals surface area (Å²) in [5, 5.41) is 3.17. The van der Waals surface area contributed by atoms with Gasteiger partial charge in [0.25, 0.3) is 5.91 Å². The van der Waals surface area contributed by atoms with Gasteiger partial charge in [-0.25, -0.2) is 23.1 Å². The maximum atomic E-state index is 13.6. The molecule has 1 amide bonds. The van der Waals surface area contributed by atoms with Gasteiger partial charge >= 0.3 is 0 Å². The lowest BCUT2D eigenvalue weighted by Crippen LogP contribution is -2.47. The molecule has 2 aromatic carbocycles. The zero-order valence-electron chi connectivity index (χ0n) is 18.9. The van der Waals surface area contributed by atoms with E-state index in [4.69, 9.17) is 4.42 Å². The van der Waals surface area contributed by atoms with Crippen LogP contribution in [0.3, 0.4) is 0 Å². The van der Waals surface area contributed by atoms with Crippen LogP contribution in [-0.2, 0) is 0 Å². The van der Waals surface area contributed by atoms with Crippen LogP contribution >= 0.6 is 0 Å². The fraction of sp³-hybridized carbons (Fsp3) is 0.280. The van der Waals surface area contributed by atoms with Crippen LogP contribution in [0.25, 0.3) is 22.4 Å². The molecule has 1 aliphatic rings. The predicted molar refractivity (Wildman–Crippen MR) is 123 cm³/mol. The van der Waals surface area contributed by atoms with Gasteiger partial charge in [-0.2, -0.15) is 0 Å². The summed E-state index contributed by atoms with van der Waals surface area (Å²) >= 11 is 0. The molecule has 0 bridgehead atoms. The van der Waals surface area contributed by atoms with Crippen molar-refractivity contribution in [3.63, 3.8) is 0 Å². The van der Waals surface area contributed by atoms with Gasteiger partial charge < -0.3 is 14.6 Å². The van der Waals surface area contributed by atoms with E-state index < -0.39 is 11.6 Å². The minimum atomic E-state index is -0.993. The van der Waals surface area contributed by atoms with E-state index in [0.717, 1.165) is 31.4 Å². The number of aryl methyl sites for hydroxylation is 1. The molecule has 7 nitrogen and oxygen atoms in total. The third-order valence-corrected chi connectivity index (χ3v) is 6.03. The maximum absolute atomic E-state index is 13.6. The van der Waals surface area contributed by atoms with E-state index in [1.54, 1.807) is 24.0 Å². The summed E-state index contributed by atoms with van der Waals surface area (Å²) < 4.78 is 46.1. The molecule has 0 spiro atoms. The van der Waals surface area contributed by atoms with Crippen LogP contribution in [0.4, 0.5) is 19.0 Å². The number of fused-ring (bicyclic) bond motifs is 1. The molecule has 10 heteroatoms. The Morgan fingerprint density at radius 1 is 1.09 bits per heavy atom. The van der Waals surface area contributed by atoms with Crippen molar-refractivity contribution in [2.75, 3.05) is 18.4 Å². The lowest BCUT2D eigenvalue weighted by atomic mass is 10.0. The minimum absolute atomic E-state index is 0.156. The van der Waals surface area contributed by atoms with Gasteiger partial charge in [-0.15, -0.1) is 0 Å². The van der Waals surface area contributed by atoms with E-state index in [2.05, 4.69) is 20.3 Å². The Bertz CT molecular complexity index is 1390. The number of benzene rings is 2. The summed E-state index contributed by atoms with van der Waals surface area (Å²) in [5.41, 5.74) is 1.23. The smallest absolute Gasteiger partial charge is 0.276 e. The number of aromatic nitrogens is 3. The van der Waals surface area contributed by atoms with Crippen LogP contribution in [0.15, 0.2) is 47.0 Å². The first kappa shape index (κ1) is 22.8. The van der Waals surface area contributed by atoms with Crippen molar-refractivity contribution < 1.29 is 22.4 Å². The SMILES string of the molecule is Cc1nc(C(=O)N2CCCCC2CNc2cnc3cc(F)c(F)cc3n2)c(-c2ccc(F)cc2)o1. The molecular weight excluding hydrogens is 459 g/mol. The molecule has 0 radical (unpaired) electrons. The first-order chi connectivity index (χ1) is 16.9. The molecule has 4 aromatic rings. The highest BCUT2D eigenvalue weighted by molar-refractivity contribution is 5.98. The van der Waals surface area contributed by atoms with Crippen LogP contribution in [0.1, 0.15) is 35.6 Å². The van der Waals surface area contributed by atoms with Crippen molar-refractivity contribution in [1.82, 2.24) is 19.9 Å². The van der Waals surface area contributed by atoms with Gasteiger partial charge in [0, 0.05) is 43.8 Å². The second-order valence-electron chi connectivity index (χ2n) is 8.46. The first-order valence-corrected chi connectivity index (χ1v) is 11.3. The Morgan fingerprint density at radius 3 is 2.60 bits per heavy atom. The van der Waals surface area contributed by atoms with Crippen LogP contribution in [-0.4, -0.2) is 44.9 Å². The number of rotatable bonds is 5. The topological polar surface area (TPSA) is 84.2 Å². The molecular formula is C25H22F3N5O2.